The zero-order valence-electron chi connectivity index (χ0n) is 18.1. The number of rotatable bonds is 7. The van der Waals surface area contributed by atoms with Gasteiger partial charge in [-0.25, -0.2) is 0 Å². The summed E-state index contributed by atoms with van der Waals surface area (Å²) in [6.45, 7) is 8.33. The minimum atomic E-state index is 0. The molecule has 10 heteroatoms. The van der Waals surface area contributed by atoms with E-state index in [1.807, 2.05) is 36.3 Å². The Labute approximate surface area is 200 Å². The summed E-state index contributed by atoms with van der Waals surface area (Å²) in [5.74, 6) is 1.91. The lowest BCUT2D eigenvalue weighted by atomic mass is 10.1. The van der Waals surface area contributed by atoms with Gasteiger partial charge < -0.3 is 24.1 Å². The van der Waals surface area contributed by atoms with Crippen molar-refractivity contribution in [2.24, 2.45) is 12.0 Å². The first kappa shape index (κ1) is 24.0. The highest BCUT2D eigenvalue weighted by molar-refractivity contribution is 14.0. The van der Waals surface area contributed by atoms with E-state index in [9.17, 15) is 0 Å². The van der Waals surface area contributed by atoms with E-state index >= 15 is 0 Å². The molecule has 2 fully saturated rings. The molecule has 2 aliphatic rings. The number of hydrogen-bond acceptors (Lipinski definition) is 6. The fraction of sp³-hybridized carbons (Fsp3) is 0.619. The van der Waals surface area contributed by atoms with Crippen LogP contribution in [-0.4, -0.2) is 91.2 Å². The summed E-state index contributed by atoms with van der Waals surface area (Å²) < 4.78 is 18.7. The van der Waals surface area contributed by atoms with Crippen LogP contribution >= 0.6 is 24.0 Å². The van der Waals surface area contributed by atoms with Crippen LogP contribution in [0.3, 0.4) is 0 Å². The third-order valence-corrected chi connectivity index (χ3v) is 5.48. The van der Waals surface area contributed by atoms with Crippen molar-refractivity contribution in [3.05, 3.63) is 42.1 Å². The summed E-state index contributed by atoms with van der Waals surface area (Å²) in [4.78, 5) is 9.64. The summed E-state index contributed by atoms with van der Waals surface area (Å²) in [5, 5.41) is 7.83. The predicted octanol–water partition coefficient (Wildman–Crippen LogP) is 1.52. The maximum atomic E-state index is 6.01. The third-order valence-electron chi connectivity index (χ3n) is 5.48. The molecule has 0 saturated carbocycles. The summed E-state index contributed by atoms with van der Waals surface area (Å²) in [6.07, 6.45) is 6.45. The maximum absolute atomic E-state index is 6.01. The summed E-state index contributed by atoms with van der Waals surface area (Å²) >= 11 is 0. The molecule has 0 aromatic carbocycles. The van der Waals surface area contributed by atoms with Crippen molar-refractivity contribution in [3.8, 4) is 0 Å². The Balaban J connectivity index is 0.00000272. The number of halogens is 1. The second-order valence-corrected chi connectivity index (χ2v) is 7.67. The monoisotopic (exact) mass is 544 g/mol. The Morgan fingerprint density at radius 1 is 1.26 bits per heavy atom. The van der Waals surface area contributed by atoms with E-state index in [-0.39, 0.29) is 30.1 Å². The van der Waals surface area contributed by atoms with E-state index in [0.717, 1.165) is 82.7 Å². The Morgan fingerprint density at radius 3 is 2.87 bits per heavy atom. The third kappa shape index (κ3) is 7.19. The van der Waals surface area contributed by atoms with Gasteiger partial charge in [0.25, 0.3) is 0 Å². The van der Waals surface area contributed by atoms with E-state index in [0.29, 0.717) is 6.61 Å². The number of nitrogens with one attached hydrogen (secondary N) is 1. The second kappa shape index (κ2) is 12.4. The highest BCUT2D eigenvalue weighted by Crippen LogP contribution is 2.21. The number of guanidine groups is 1. The minimum Gasteiger partial charge on any atom is -0.469 e. The number of aromatic nitrogens is 2. The summed E-state index contributed by atoms with van der Waals surface area (Å²) in [5.41, 5.74) is 1.10. The number of hydrogen-bond donors (Lipinski definition) is 1. The number of furan rings is 1. The molecule has 2 saturated heterocycles. The van der Waals surface area contributed by atoms with E-state index in [4.69, 9.17) is 18.9 Å². The highest BCUT2D eigenvalue weighted by Gasteiger charge is 2.25. The molecule has 31 heavy (non-hydrogen) atoms. The van der Waals surface area contributed by atoms with Crippen molar-refractivity contribution in [2.75, 3.05) is 65.6 Å². The molecule has 172 valence electrons. The van der Waals surface area contributed by atoms with Gasteiger partial charge in [0.15, 0.2) is 5.96 Å². The lowest BCUT2D eigenvalue weighted by molar-refractivity contribution is -0.00811. The van der Waals surface area contributed by atoms with Crippen LogP contribution in [0.25, 0.3) is 0 Å². The molecular formula is C21H33IN6O3. The van der Waals surface area contributed by atoms with E-state index in [2.05, 4.69) is 20.2 Å². The van der Waals surface area contributed by atoms with E-state index in [1.165, 1.54) is 0 Å². The zero-order valence-corrected chi connectivity index (χ0v) is 20.4. The topological polar surface area (TPSA) is 80.3 Å². The second-order valence-electron chi connectivity index (χ2n) is 7.67. The van der Waals surface area contributed by atoms with Crippen LogP contribution < -0.4 is 5.32 Å². The first-order valence-electron chi connectivity index (χ1n) is 10.7. The average molecular weight is 544 g/mol. The van der Waals surface area contributed by atoms with Gasteiger partial charge >= 0.3 is 0 Å². The molecular weight excluding hydrogens is 511 g/mol. The number of aliphatic imine (C=N–C) groups is 1. The maximum Gasteiger partial charge on any atom is 0.194 e. The van der Waals surface area contributed by atoms with Crippen molar-refractivity contribution in [1.29, 1.82) is 0 Å². The molecule has 0 radical (unpaired) electrons. The van der Waals surface area contributed by atoms with Crippen LogP contribution in [0.4, 0.5) is 0 Å². The van der Waals surface area contributed by atoms with Crippen LogP contribution in [0.1, 0.15) is 17.4 Å². The number of aryl methyl sites for hydroxylation is 1. The van der Waals surface area contributed by atoms with Gasteiger partial charge in [-0.3, -0.25) is 14.6 Å². The molecule has 2 aromatic rings. The molecule has 0 spiro atoms. The van der Waals surface area contributed by atoms with Crippen molar-refractivity contribution in [1.82, 2.24) is 24.9 Å². The smallest absolute Gasteiger partial charge is 0.194 e. The van der Waals surface area contributed by atoms with Crippen LogP contribution in [-0.2, 0) is 22.9 Å². The lowest BCUT2D eigenvalue weighted by Gasteiger charge is -2.35. The van der Waals surface area contributed by atoms with Gasteiger partial charge in [-0.2, -0.15) is 5.10 Å². The SMILES string of the molecule is Cn1cc(C2CN(C(=NCCN3CCOCC3)NCCc3ccco3)CCO2)cn1.I. The standard InChI is InChI=1S/C21H32N6O3.HI/c1-25-16-18(15-24-25)20-17-27(10-14-30-20)21(22-5-4-19-3-2-11-29-19)23-6-7-26-8-12-28-13-9-26;/h2-3,11,15-16,20H,4-10,12-14,17H2,1H3,(H,22,23);1H. The van der Waals surface area contributed by atoms with Crippen molar-refractivity contribution in [2.45, 2.75) is 12.5 Å². The van der Waals surface area contributed by atoms with Crippen molar-refractivity contribution in [3.63, 3.8) is 0 Å². The fourth-order valence-corrected chi connectivity index (χ4v) is 3.79. The number of ether oxygens (including phenoxy) is 2. The van der Waals surface area contributed by atoms with Gasteiger partial charge in [0.2, 0.25) is 0 Å². The van der Waals surface area contributed by atoms with Gasteiger partial charge in [-0.15, -0.1) is 24.0 Å². The van der Waals surface area contributed by atoms with Crippen LogP contribution in [0.2, 0.25) is 0 Å². The van der Waals surface area contributed by atoms with Crippen LogP contribution in [0, 0.1) is 0 Å². The molecule has 9 nitrogen and oxygen atoms in total. The number of morpholine rings is 2. The quantitative estimate of drug-likeness (QED) is 0.322. The minimum absolute atomic E-state index is 0. The Morgan fingerprint density at radius 2 is 2.13 bits per heavy atom. The molecule has 4 rings (SSSR count). The summed E-state index contributed by atoms with van der Waals surface area (Å²) in [7, 11) is 1.93. The van der Waals surface area contributed by atoms with Gasteiger partial charge in [0.05, 0.1) is 45.4 Å². The molecule has 1 unspecified atom stereocenters. The van der Waals surface area contributed by atoms with Crippen molar-refractivity contribution < 1.29 is 13.9 Å². The molecule has 2 aromatic heterocycles. The Kier molecular flexibility index (Phi) is 9.62. The number of nitrogens with zero attached hydrogens (tertiary/aromatic N) is 5. The van der Waals surface area contributed by atoms with Gasteiger partial charge in [0, 0.05) is 58.0 Å². The zero-order chi connectivity index (χ0) is 20.6. The first-order valence-corrected chi connectivity index (χ1v) is 10.7. The Hall–Kier alpha value is -1.63. The molecule has 4 heterocycles. The first-order chi connectivity index (χ1) is 14.8. The molecule has 0 aliphatic carbocycles. The van der Waals surface area contributed by atoms with E-state index in [1.54, 1.807) is 6.26 Å². The average Bonchev–Trinajstić information content (AvgIpc) is 3.45. The highest BCUT2D eigenvalue weighted by atomic mass is 127. The van der Waals surface area contributed by atoms with Crippen LogP contribution in [0.5, 0.6) is 0 Å². The van der Waals surface area contributed by atoms with E-state index < -0.39 is 0 Å². The van der Waals surface area contributed by atoms with Gasteiger partial charge in [-0.05, 0) is 12.1 Å². The molecule has 2 aliphatic heterocycles. The molecule has 1 N–H and O–H groups in total. The van der Waals surface area contributed by atoms with Gasteiger partial charge in [0.1, 0.15) is 11.9 Å². The molecule has 0 bridgehead atoms. The molecule has 1 atom stereocenters. The largest absolute Gasteiger partial charge is 0.469 e. The van der Waals surface area contributed by atoms with Crippen molar-refractivity contribution >= 4 is 29.9 Å². The van der Waals surface area contributed by atoms with Crippen LogP contribution in [0.15, 0.2) is 40.2 Å². The summed E-state index contributed by atoms with van der Waals surface area (Å²) in [6, 6.07) is 3.93. The molecule has 0 amide bonds. The lowest BCUT2D eigenvalue weighted by Crippen LogP contribution is -2.49. The normalized spacial score (nSPS) is 20.5. The Bertz CT molecular complexity index is 791. The fourth-order valence-electron chi connectivity index (χ4n) is 3.79. The van der Waals surface area contributed by atoms with Gasteiger partial charge in [-0.1, -0.05) is 0 Å². The predicted molar refractivity (Wildman–Crippen MR) is 129 cm³/mol.